The second-order valence-corrected chi connectivity index (χ2v) is 4.84. The number of benzene rings is 1. The van der Waals surface area contributed by atoms with Crippen LogP contribution in [0.1, 0.15) is 25.3 Å². The molecule has 3 nitrogen and oxygen atoms in total. The summed E-state index contributed by atoms with van der Waals surface area (Å²) in [6.45, 7) is 3.46. The molecule has 1 aliphatic heterocycles. The molecule has 2 rings (SSSR count). The third kappa shape index (κ3) is 2.62. The number of aliphatic hydroxyl groups is 1. The molecule has 0 aromatic heterocycles. The molecule has 1 unspecified atom stereocenters. The van der Waals surface area contributed by atoms with Crippen LogP contribution in [-0.2, 0) is 0 Å². The summed E-state index contributed by atoms with van der Waals surface area (Å²) >= 11 is 0. The first-order chi connectivity index (χ1) is 8.61. The molecular formula is C14H17FN2O. The first-order valence-electron chi connectivity index (χ1n) is 6.24. The van der Waals surface area contributed by atoms with E-state index < -0.39 is 5.82 Å². The van der Waals surface area contributed by atoms with Crippen molar-refractivity contribution in [3.05, 3.63) is 29.6 Å². The highest BCUT2D eigenvalue weighted by molar-refractivity contribution is 5.50. The zero-order valence-corrected chi connectivity index (χ0v) is 10.4. The molecular weight excluding hydrogens is 231 g/mol. The van der Waals surface area contributed by atoms with Gasteiger partial charge in [-0.1, -0.05) is 0 Å². The topological polar surface area (TPSA) is 47.3 Å². The van der Waals surface area contributed by atoms with E-state index in [1.165, 1.54) is 12.1 Å². The first kappa shape index (κ1) is 12.8. The van der Waals surface area contributed by atoms with Crippen LogP contribution >= 0.6 is 0 Å². The molecule has 0 spiro atoms. The van der Waals surface area contributed by atoms with Gasteiger partial charge in [0.25, 0.3) is 0 Å². The van der Waals surface area contributed by atoms with Crippen molar-refractivity contribution in [2.24, 2.45) is 5.92 Å². The Bertz CT molecular complexity index is 459. The van der Waals surface area contributed by atoms with Gasteiger partial charge in [0.1, 0.15) is 11.9 Å². The van der Waals surface area contributed by atoms with Crippen LogP contribution in [0.25, 0.3) is 0 Å². The maximum absolute atomic E-state index is 13.5. The van der Waals surface area contributed by atoms with Gasteiger partial charge in [-0.05, 0) is 43.9 Å². The average molecular weight is 248 g/mol. The van der Waals surface area contributed by atoms with Crippen molar-refractivity contribution in [3.8, 4) is 6.07 Å². The van der Waals surface area contributed by atoms with Crippen molar-refractivity contribution in [1.29, 1.82) is 5.26 Å². The fourth-order valence-corrected chi connectivity index (χ4v) is 2.43. The largest absolute Gasteiger partial charge is 0.393 e. The van der Waals surface area contributed by atoms with Gasteiger partial charge in [0, 0.05) is 18.8 Å². The lowest BCUT2D eigenvalue weighted by molar-refractivity contribution is 0.110. The zero-order valence-electron chi connectivity index (χ0n) is 10.4. The quantitative estimate of drug-likeness (QED) is 0.873. The molecule has 1 saturated heterocycles. The Morgan fingerprint density at radius 3 is 2.61 bits per heavy atom. The Hall–Kier alpha value is -1.60. The molecule has 96 valence electrons. The van der Waals surface area contributed by atoms with Gasteiger partial charge in [-0.2, -0.15) is 5.26 Å². The fourth-order valence-electron chi connectivity index (χ4n) is 2.43. The van der Waals surface area contributed by atoms with E-state index >= 15 is 0 Å². The molecule has 1 fully saturated rings. The molecule has 1 aromatic carbocycles. The van der Waals surface area contributed by atoms with Crippen LogP contribution in [0.15, 0.2) is 18.2 Å². The summed E-state index contributed by atoms with van der Waals surface area (Å²) in [5, 5.41) is 18.2. The molecule has 1 aliphatic rings. The summed E-state index contributed by atoms with van der Waals surface area (Å²) in [6.07, 6.45) is 1.56. The molecule has 0 radical (unpaired) electrons. The third-order valence-corrected chi connectivity index (χ3v) is 3.66. The summed E-state index contributed by atoms with van der Waals surface area (Å²) in [7, 11) is 0. The Morgan fingerprint density at radius 2 is 2.11 bits per heavy atom. The number of hydrogen-bond acceptors (Lipinski definition) is 3. The number of halogens is 1. The highest BCUT2D eigenvalue weighted by Crippen LogP contribution is 2.26. The van der Waals surface area contributed by atoms with Gasteiger partial charge >= 0.3 is 0 Å². The van der Waals surface area contributed by atoms with Gasteiger partial charge in [-0.15, -0.1) is 0 Å². The number of rotatable bonds is 2. The minimum atomic E-state index is -0.465. The average Bonchev–Trinajstić information content (AvgIpc) is 2.38. The Labute approximate surface area is 106 Å². The molecule has 18 heavy (non-hydrogen) atoms. The van der Waals surface area contributed by atoms with Crippen LogP contribution in [0.2, 0.25) is 0 Å². The number of nitriles is 1. The Morgan fingerprint density at radius 1 is 1.44 bits per heavy atom. The minimum Gasteiger partial charge on any atom is -0.393 e. The number of aliphatic hydroxyl groups excluding tert-OH is 1. The van der Waals surface area contributed by atoms with Gasteiger partial charge < -0.3 is 10.0 Å². The van der Waals surface area contributed by atoms with Crippen molar-refractivity contribution in [3.63, 3.8) is 0 Å². The highest BCUT2D eigenvalue weighted by Gasteiger charge is 2.23. The zero-order chi connectivity index (χ0) is 13.1. The summed E-state index contributed by atoms with van der Waals surface area (Å²) < 4.78 is 13.5. The van der Waals surface area contributed by atoms with Gasteiger partial charge in [-0.25, -0.2) is 4.39 Å². The lowest BCUT2D eigenvalue weighted by Crippen LogP contribution is -2.37. The molecule has 0 aliphatic carbocycles. The van der Waals surface area contributed by atoms with E-state index in [0.29, 0.717) is 5.92 Å². The van der Waals surface area contributed by atoms with Crippen molar-refractivity contribution in [2.75, 3.05) is 18.0 Å². The lowest BCUT2D eigenvalue weighted by Gasteiger charge is -2.34. The fraction of sp³-hybridized carbons (Fsp3) is 0.500. The van der Waals surface area contributed by atoms with E-state index in [0.717, 1.165) is 31.6 Å². The van der Waals surface area contributed by atoms with Crippen molar-refractivity contribution < 1.29 is 9.50 Å². The summed E-state index contributed by atoms with van der Waals surface area (Å²) in [6, 6.07) is 6.54. The van der Waals surface area contributed by atoms with Gasteiger partial charge in [0.2, 0.25) is 0 Å². The predicted molar refractivity (Wildman–Crippen MR) is 67.7 cm³/mol. The molecule has 0 amide bonds. The second-order valence-electron chi connectivity index (χ2n) is 4.84. The minimum absolute atomic E-state index is 0.0811. The summed E-state index contributed by atoms with van der Waals surface area (Å²) in [4.78, 5) is 2.10. The van der Waals surface area contributed by atoms with Crippen LogP contribution in [0, 0.1) is 23.1 Å². The number of nitrogens with zero attached hydrogens (tertiary/aromatic N) is 2. The van der Waals surface area contributed by atoms with E-state index in [9.17, 15) is 9.50 Å². The van der Waals surface area contributed by atoms with E-state index in [1.54, 1.807) is 6.07 Å². The summed E-state index contributed by atoms with van der Waals surface area (Å²) in [5.41, 5.74) is 0.896. The standard InChI is InChI=1S/C14H17FN2O/c1-10(18)11-4-6-17(7-5-11)13-3-2-12(9-16)14(15)8-13/h2-3,8,10-11,18H,4-7H2,1H3. The SMILES string of the molecule is CC(O)C1CCN(c2ccc(C#N)c(F)c2)CC1. The van der Waals surface area contributed by atoms with Crippen LogP contribution in [0.4, 0.5) is 10.1 Å². The Kier molecular flexibility index (Phi) is 3.83. The van der Waals surface area contributed by atoms with E-state index in [4.69, 9.17) is 5.26 Å². The third-order valence-electron chi connectivity index (χ3n) is 3.66. The van der Waals surface area contributed by atoms with E-state index in [1.807, 2.05) is 13.0 Å². The Balaban J connectivity index is 2.06. The highest BCUT2D eigenvalue weighted by atomic mass is 19.1. The van der Waals surface area contributed by atoms with Gasteiger partial charge in [-0.3, -0.25) is 0 Å². The molecule has 4 heteroatoms. The number of piperidine rings is 1. The van der Waals surface area contributed by atoms with Crippen LogP contribution in [0.5, 0.6) is 0 Å². The molecule has 0 bridgehead atoms. The smallest absolute Gasteiger partial charge is 0.143 e. The van der Waals surface area contributed by atoms with E-state index in [-0.39, 0.29) is 11.7 Å². The van der Waals surface area contributed by atoms with E-state index in [2.05, 4.69) is 4.90 Å². The molecule has 1 atom stereocenters. The first-order valence-corrected chi connectivity index (χ1v) is 6.24. The number of anilines is 1. The predicted octanol–water partition coefficient (Wildman–Crippen LogP) is 2.29. The molecule has 1 aromatic rings. The molecule has 1 N–H and O–H groups in total. The van der Waals surface area contributed by atoms with Crippen molar-refractivity contribution >= 4 is 5.69 Å². The molecule has 1 heterocycles. The van der Waals surface area contributed by atoms with Crippen LogP contribution < -0.4 is 4.90 Å². The summed E-state index contributed by atoms with van der Waals surface area (Å²) in [5.74, 6) is -0.128. The maximum Gasteiger partial charge on any atom is 0.143 e. The normalized spacial score (nSPS) is 18.4. The van der Waals surface area contributed by atoms with Crippen LogP contribution in [-0.4, -0.2) is 24.3 Å². The monoisotopic (exact) mass is 248 g/mol. The number of hydrogen-bond donors (Lipinski definition) is 1. The van der Waals surface area contributed by atoms with Crippen molar-refractivity contribution in [1.82, 2.24) is 0 Å². The molecule has 0 saturated carbocycles. The van der Waals surface area contributed by atoms with Gasteiger partial charge in [0.15, 0.2) is 0 Å². The van der Waals surface area contributed by atoms with Crippen LogP contribution in [0.3, 0.4) is 0 Å². The second kappa shape index (κ2) is 5.36. The van der Waals surface area contributed by atoms with Gasteiger partial charge in [0.05, 0.1) is 11.7 Å². The van der Waals surface area contributed by atoms with Crippen molar-refractivity contribution in [2.45, 2.75) is 25.9 Å². The maximum atomic E-state index is 13.5. The lowest BCUT2D eigenvalue weighted by atomic mass is 9.92.